The number of H-pyrrole nitrogens is 1. The van der Waals surface area contributed by atoms with Crippen molar-refractivity contribution in [3.8, 4) is 11.4 Å². The average molecular weight is 309 g/mol. The van der Waals surface area contributed by atoms with E-state index in [2.05, 4.69) is 14.9 Å². The monoisotopic (exact) mass is 309 g/mol. The Hall–Kier alpha value is -2.20. The van der Waals surface area contributed by atoms with Crippen molar-refractivity contribution in [3.63, 3.8) is 0 Å². The first-order valence-electron chi connectivity index (χ1n) is 8.25. The summed E-state index contributed by atoms with van der Waals surface area (Å²) in [5.74, 6) is 0.572. The highest BCUT2D eigenvalue weighted by molar-refractivity contribution is 5.79. The molecule has 0 unspecified atom stereocenters. The molecule has 1 aromatic heterocycles. The fraction of sp³-hybridized carbons (Fsp3) is 0.316. The van der Waals surface area contributed by atoms with Gasteiger partial charge in [-0.05, 0) is 44.1 Å². The largest absolute Gasteiger partial charge is 0.338 e. The molecule has 1 aliphatic heterocycles. The van der Waals surface area contributed by atoms with Gasteiger partial charge in [-0.2, -0.15) is 0 Å². The molecule has 3 aromatic rings. The van der Waals surface area contributed by atoms with Crippen LogP contribution in [0.5, 0.6) is 0 Å². The quantitative estimate of drug-likeness (QED) is 0.780. The van der Waals surface area contributed by atoms with Crippen LogP contribution in [0.2, 0.25) is 0 Å². The molecule has 1 saturated heterocycles. The Morgan fingerprint density at radius 3 is 2.65 bits per heavy atom. The van der Waals surface area contributed by atoms with Crippen molar-refractivity contribution in [2.75, 3.05) is 13.1 Å². The van der Waals surface area contributed by atoms with E-state index in [-0.39, 0.29) is 5.82 Å². The van der Waals surface area contributed by atoms with Gasteiger partial charge in [0.25, 0.3) is 0 Å². The molecule has 2 aromatic carbocycles. The van der Waals surface area contributed by atoms with Crippen molar-refractivity contribution < 1.29 is 4.39 Å². The van der Waals surface area contributed by atoms with Crippen LogP contribution < -0.4 is 0 Å². The summed E-state index contributed by atoms with van der Waals surface area (Å²) < 4.78 is 14.5. The number of rotatable bonds is 3. The zero-order chi connectivity index (χ0) is 15.6. The lowest BCUT2D eigenvalue weighted by molar-refractivity contribution is 0.218. The zero-order valence-corrected chi connectivity index (χ0v) is 13.1. The number of likely N-dealkylation sites (tertiary alicyclic amines) is 1. The van der Waals surface area contributed by atoms with Crippen LogP contribution in [0.25, 0.3) is 22.4 Å². The molecule has 0 aliphatic carbocycles. The molecule has 1 aliphatic rings. The number of nitrogens with zero attached hydrogens (tertiary/aromatic N) is 2. The number of hydrogen-bond donors (Lipinski definition) is 1. The molecule has 23 heavy (non-hydrogen) atoms. The van der Waals surface area contributed by atoms with E-state index < -0.39 is 0 Å². The highest BCUT2D eigenvalue weighted by atomic mass is 19.1. The second-order valence-electron chi connectivity index (χ2n) is 6.25. The number of imidazole rings is 1. The van der Waals surface area contributed by atoms with Crippen molar-refractivity contribution in [1.82, 2.24) is 14.9 Å². The van der Waals surface area contributed by atoms with Crippen LogP contribution in [-0.2, 0) is 6.54 Å². The Balaban J connectivity index is 1.59. The fourth-order valence-corrected chi connectivity index (χ4v) is 3.27. The third-order valence-corrected chi connectivity index (χ3v) is 4.56. The van der Waals surface area contributed by atoms with Crippen LogP contribution in [0.4, 0.5) is 4.39 Å². The third kappa shape index (κ3) is 2.99. The molecule has 0 bridgehead atoms. The van der Waals surface area contributed by atoms with Crippen LogP contribution in [0.1, 0.15) is 24.8 Å². The minimum Gasteiger partial charge on any atom is -0.338 e. The standard InChI is InChI=1S/C19H20FN3/c20-16-12-14(19-21-17-6-2-3-7-18(17)22-19)8-9-15(16)13-23-10-4-1-5-11-23/h2-3,6-9,12H,1,4-5,10-11,13H2,(H,21,22). The molecule has 0 saturated carbocycles. The molecular formula is C19H20FN3. The maximum Gasteiger partial charge on any atom is 0.138 e. The molecule has 0 spiro atoms. The lowest BCUT2D eigenvalue weighted by Gasteiger charge is -2.26. The van der Waals surface area contributed by atoms with E-state index in [0.29, 0.717) is 6.54 Å². The average Bonchev–Trinajstić information content (AvgIpc) is 3.02. The molecule has 0 atom stereocenters. The number of piperidine rings is 1. The number of aromatic nitrogens is 2. The number of aromatic amines is 1. The maximum atomic E-state index is 14.5. The Bertz CT molecular complexity index is 785. The normalized spacial score (nSPS) is 16.0. The molecule has 4 heteroatoms. The Labute approximate surface area is 135 Å². The maximum absolute atomic E-state index is 14.5. The first-order valence-corrected chi connectivity index (χ1v) is 8.25. The summed E-state index contributed by atoms with van der Waals surface area (Å²) in [4.78, 5) is 10.1. The first-order chi connectivity index (χ1) is 11.3. The number of fused-ring (bicyclic) bond motifs is 1. The molecule has 1 fully saturated rings. The van der Waals surface area contributed by atoms with Crippen molar-refractivity contribution in [1.29, 1.82) is 0 Å². The van der Waals surface area contributed by atoms with Crippen LogP contribution in [0.15, 0.2) is 42.5 Å². The van der Waals surface area contributed by atoms with Gasteiger partial charge in [0, 0.05) is 17.7 Å². The highest BCUT2D eigenvalue weighted by Crippen LogP contribution is 2.23. The van der Waals surface area contributed by atoms with Crippen molar-refractivity contribution >= 4 is 11.0 Å². The summed E-state index contributed by atoms with van der Waals surface area (Å²) in [5.41, 5.74) is 3.44. The molecule has 4 rings (SSSR count). The van der Waals surface area contributed by atoms with Crippen LogP contribution >= 0.6 is 0 Å². The predicted octanol–water partition coefficient (Wildman–Crippen LogP) is 4.35. The molecule has 2 heterocycles. The SMILES string of the molecule is Fc1cc(-c2nc3ccccc3[nH]2)ccc1CN1CCCCC1. The highest BCUT2D eigenvalue weighted by Gasteiger charge is 2.14. The summed E-state index contributed by atoms with van der Waals surface area (Å²) in [5, 5.41) is 0. The minimum atomic E-state index is -0.145. The van der Waals surface area contributed by atoms with Gasteiger partial charge in [0.15, 0.2) is 0 Å². The lowest BCUT2D eigenvalue weighted by atomic mass is 10.1. The molecule has 0 amide bonds. The smallest absolute Gasteiger partial charge is 0.138 e. The van der Waals surface area contributed by atoms with Gasteiger partial charge in [-0.15, -0.1) is 0 Å². The summed E-state index contributed by atoms with van der Waals surface area (Å²) in [7, 11) is 0. The van der Waals surface area contributed by atoms with Crippen molar-refractivity contribution in [3.05, 3.63) is 53.8 Å². The molecule has 1 N–H and O–H groups in total. The Morgan fingerprint density at radius 2 is 1.87 bits per heavy atom. The number of hydrogen-bond acceptors (Lipinski definition) is 2. The molecular weight excluding hydrogens is 289 g/mol. The van der Waals surface area contributed by atoms with Crippen LogP contribution in [0, 0.1) is 5.82 Å². The van der Waals surface area contributed by atoms with E-state index in [1.54, 1.807) is 6.07 Å². The van der Waals surface area contributed by atoms with E-state index in [9.17, 15) is 4.39 Å². The van der Waals surface area contributed by atoms with Gasteiger partial charge in [-0.25, -0.2) is 9.37 Å². The summed E-state index contributed by atoms with van der Waals surface area (Å²) >= 11 is 0. The topological polar surface area (TPSA) is 31.9 Å². The van der Waals surface area contributed by atoms with E-state index in [1.165, 1.54) is 19.3 Å². The molecule has 118 valence electrons. The van der Waals surface area contributed by atoms with Gasteiger partial charge < -0.3 is 4.98 Å². The summed E-state index contributed by atoms with van der Waals surface area (Å²) in [6.45, 7) is 2.85. The van der Waals surface area contributed by atoms with Crippen LogP contribution in [-0.4, -0.2) is 28.0 Å². The fourth-order valence-electron chi connectivity index (χ4n) is 3.27. The lowest BCUT2D eigenvalue weighted by Crippen LogP contribution is -2.29. The molecule has 3 nitrogen and oxygen atoms in total. The van der Waals surface area contributed by atoms with Gasteiger partial charge in [0.05, 0.1) is 11.0 Å². The predicted molar refractivity (Wildman–Crippen MR) is 90.6 cm³/mol. The third-order valence-electron chi connectivity index (χ3n) is 4.56. The molecule has 0 radical (unpaired) electrons. The summed E-state index contributed by atoms with van der Waals surface area (Å²) in [6.07, 6.45) is 3.74. The number of halogens is 1. The van der Waals surface area contributed by atoms with Gasteiger partial charge in [0.2, 0.25) is 0 Å². The van der Waals surface area contributed by atoms with E-state index in [0.717, 1.165) is 41.1 Å². The van der Waals surface area contributed by atoms with Gasteiger partial charge in [-0.3, -0.25) is 4.90 Å². The van der Waals surface area contributed by atoms with E-state index in [1.807, 2.05) is 36.4 Å². The number of benzene rings is 2. The van der Waals surface area contributed by atoms with E-state index >= 15 is 0 Å². The first kappa shape index (κ1) is 14.4. The Kier molecular flexibility index (Phi) is 3.83. The second-order valence-corrected chi connectivity index (χ2v) is 6.25. The van der Waals surface area contributed by atoms with E-state index in [4.69, 9.17) is 0 Å². The van der Waals surface area contributed by atoms with Crippen molar-refractivity contribution in [2.24, 2.45) is 0 Å². The zero-order valence-electron chi connectivity index (χ0n) is 13.1. The van der Waals surface area contributed by atoms with Gasteiger partial charge in [0.1, 0.15) is 11.6 Å². The van der Waals surface area contributed by atoms with Gasteiger partial charge >= 0.3 is 0 Å². The van der Waals surface area contributed by atoms with Gasteiger partial charge in [-0.1, -0.05) is 30.7 Å². The number of nitrogens with one attached hydrogen (secondary N) is 1. The van der Waals surface area contributed by atoms with Crippen LogP contribution in [0.3, 0.4) is 0 Å². The summed E-state index contributed by atoms with van der Waals surface area (Å²) in [6, 6.07) is 13.3. The Morgan fingerprint density at radius 1 is 1.04 bits per heavy atom. The number of para-hydroxylation sites is 2. The second kappa shape index (κ2) is 6.13. The minimum absolute atomic E-state index is 0.145. The van der Waals surface area contributed by atoms with Crippen molar-refractivity contribution in [2.45, 2.75) is 25.8 Å².